The van der Waals surface area contributed by atoms with Crippen molar-refractivity contribution in [1.82, 2.24) is 15.0 Å². The third-order valence-electron chi connectivity index (χ3n) is 6.09. The number of anilines is 1. The van der Waals surface area contributed by atoms with Crippen LogP contribution in [0.5, 0.6) is 5.75 Å². The lowest BCUT2D eigenvalue weighted by Gasteiger charge is -2.30. The maximum absolute atomic E-state index is 13.1. The van der Waals surface area contributed by atoms with Crippen molar-refractivity contribution in [2.75, 3.05) is 39.7 Å². The summed E-state index contributed by atoms with van der Waals surface area (Å²) in [5, 5.41) is 6.89. The van der Waals surface area contributed by atoms with Crippen LogP contribution in [0, 0.1) is 5.92 Å². The Balaban J connectivity index is 1.41. The first-order valence-corrected chi connectivity index (χ1v) is 11.7. The topological polar surface area (TPSA) is 133 Å². The second-order valence-electron chi connectivity index (χ2n) is 8.59. The van der Waals surface area contributed by atoms with Crippen LogP contribution in [0.3, 0.4) is 0 Å². The number of amides is 1. The van der Waals surface area contributed by atoms with E-state index in [1.165, 1.54) is 32.4 Å². The van der Waals surface area contributed by atoms with Crippen molar-refractivity contribution in [3.05, 3.63) is 59.5 Å². The molecule has 0 radical (unpaired) electrons. The van der Waals surface area contributed by atoms with Crippen LogP contribution in [-0.4, -0.2) is 67.3 Å². The van der Waals surface area contributed by atoms with Gasteiger partial charge in [-0.2, -0.15) is 4.98 Å². The molecule has 3 aromatic rings. The predicted molar refractivity (Wildman–Crippen MR) is 132 cm³/mol. The van der Waals surface area contributed by atoms with Gasteiger partial charge in [0.15, 0.2) is 0 Å². The predicted octanol–water partition coefficient (Wildman–Crippen LogP) is 3.17. The molecule has 37 heavy (non-hydrogen) atoms. The van der Waals surface area contributed by atoms with E-state index in [4.69, 9.17) is 18.7 Å². The zero-order chi connectivity index (χ0) is 26.4. The van der Waals surface area contributed by atoms with Gasteiger partial charge in [0.05, 0.1) is 44.9 Å². The number of hydrogen-bond acceptors (Lipinski definition) is 10. The number of rotatable bonds is 8. The number of piperidine rings is 1. The first-order valence-electron chi connectivity index (χ1n) is 11.7. The van der Waals surface area contributed by atoms with E-state index >= 15 is 0 Å². The van der Waals surface area contributed by atoms with E-state index in [1.54, 1.807) is 7.11 Å². The quantitative estimate of drug-likeness (QED) is 0.452. The molecule has 1 unspecified atom stereocenters. The van der Waals surface area contributed by atoms with E-state index in [1.807, 2.05) is 24.3 Å². The summed E-state index contributed by atoms with van der Waals surface area (Å²) < 4.78 is 20.1. The summed E-state index contributed by atoms with van der Waals surface area (Å²) >= 11 is 0. The molecule has 0 spiro atoms. The van der Waals surface area contributed by atoms with Crippen LogP contribution in [0.4, 0.5) is 5.69 Å². The summed E-state index contributed by atoms with van der Waals surface area (Å²) in [6.07, 6.45) is 1.51. The Morgan fingerprint density at radius 3 is 2.32 bits per heavy atom. The molecular weight excluding hydrogens is 480 g/mol. The lowest BCUT2D eigenvalue weighted by Crippen LogP contribution is -2.40. The molecule has 1 aromatic heterocycles. The van der Waals surface area contributed by atoms with Crippen LogP contribution in [0.1, 0.15) is 39.4 Å². The first-order chi connectivity index (χ1) is 17.9. The lowest BCUT2D eigenvalue weighted by molar-refractivity contribution is -0.121. The Labute approximate surface area is 213 Å². The minimum Gasteiger partial charge on any atom is -0.497 e. The number of nitrogens with zero attached hydrogens (tertiary/aromatic N) is 3. The summed E-state index contributed by atoms with van der Waals surface area (Å²) in [6.45, 7) is 1.69. The Morgan fingerprint density at radius 1 is 1.03 bits per heavy atom. The molecule has 2 aromatic carbocycles. The van der Waals surface area contributed by atoms with Gasteiger partial charge in [0.25, 0.3) is 0 Å². The summed E-state index contributed by atoms with van der Waals surface area (Å²) in [5.41, 5.74) is 1.39. The maximum Gasteiger partial charge on any atom is 0.337 e. The molecule has 1 N–H and O–H groups in total. The highest BCUT2D eigenvalue weighted by atomic mass is 16.5. The molecule has 11 nitrogen and oxygen atoms in total. The number of likely N-dealkylation sites (tertiary alicyclic amines) is 1. The molecule has 194 valence electrons. The normalized spacial score (nSPS) is 15.6. The Kier molecular flexibility index (Phi) is 8.14. The van der Waals surface area contributed by atoms with Gasteiger partial charge in [-0.1, -0.05) is 5.16 Å². The molecule has 2 heterocycles. The van der Waals surface area contributed by atoms with Gasteiger partial charge in [-0.05, 0) is 61.9 Å². The van der Waals surface area contributed by atoms with Crippen molar-refractivity contribution >= 4 is 23.5 Å². The summed E-state index contributed by atoms with van der Waals surface area (Å²) in [4.78, 5) is 43.7. The highest BCUT2D eigenvalue weighted by Gasteiger charge is 2.27. The summed E-state index contributed by atoms with van der Waals surface area (Å²) in [7, 11) is 4.09. The molecule has 0 saturated carbocycles. The fourth-order valence-corrected chi connectivity index (χ4v) is 4.20. The van der Waals surface area contributed by atoms with Crippen molar-refractivity contribution in [3.8, 4) is 17.1 Å². The standard InChI is InChI=1S/C26H28N4O7/c1-34-21-8-6-16(7-9-21)23-28-22(37-29-23)15-30-10-4-5-17(14-30)24(31)27-20-12-18(25(32)35-2)11-19(13-20)26(33)36-3/h6-9,11-13,17H,4-5,10,14-15H2,1-3H3,(H,27,31). The van der Waals surface area contributed by atoms with E-state index in [-0.39, 0.29) is 23.0 Å². The number of aromatic nitrogens is 2. The second kappa shape index (κ2) is 11.7. The Hall–Kier alpha value is -4.25. The fraction of sp³-hybridized carbons (Fsp3) is 0.346. The smallest absolute Gasteiger partial charge is 0.337 e. The van der Waals surface area contributed by atoms with Gasteiger partial charge >= 0.3 is 11.9 Å². The zero-order valence-electron chi connectivity index (χ0n) is 20.9. The van der Waals surface area contributed by atoms with Gasteiger partial charge in [0.2, 0.25) is 17.6 Å². The second-order valence-corrected chi connectivity index (χ2v) is 8.59. The van der Waals surface area contributed by atoms with Crippen LogP contribution < -0.4 is 10.1 Å². The molecule has 0 aliphatic carbocycles. The van der Waals surface area contributed by atoms with Crippen molar-refractivity contribution < 1.29 is 33.1 Å². The molecule has 11 heteroatoms. The highest BCUT2D eigenvalue weighted by Crippen LogP contribution is 2.24. The molecule has 1 aliphatic rings. The molecule has 1 amide bonds. The minimum absolute atomic E-state index is 0.134. The first kappa shape index (κ1) is 25.8. The third kappa shape index (κ3) is 6.31. The van der Waals surface area contributed by atoms with Crippen molar-refractivity contribution in [2.45, 2.75) is 19.4 Å². The van der Waals surface area contributed by atoms with Crippen molar-refractivity contribution in [3.63, 3.8) is 0 Å². The van der Waals surface area contributed by atoms with E-state index in [2.05, 4.69) is 20.4 Å². The number of benzene rings is 2. The number of nitrogens with one attached hydrogen (secondary N) is 1. The van der Waals surface area contributed by atoms with Gasteiger partial charge < -0.3 is 24.1 Å². The van der Waals surface area contributed by atoms with Crippen molar-refractivity contribution in [1.29, 1.82) is 0 Å². The lowest BCUT2D eigenvalue weighted by atomic mass is 9.97. The third-order valence-corrected chi connectivity index (χ3v) is 6.09. The molecule has 1 saturated heterocycles. The van der Waals surface area contributed by atoms with E-state index in [0.29, 0.717) is 36.9 Å². The number of methoxy groups -OCH3 is 3. The van der Waals surface area contributed by atoms with Crippen LogP contribution in [-0.2, 0) is 20.8 Å². The number of ether oxygens (including phenoxy) is 3. The van der Waals surface area contributed by atoms with Crippen LogP contribution in [0.2, 0.25) is 0 Å². The molecule has 1 aliphatic heterocycles. The van der Waals surface area contributed by atoms with E-state index < -0.39 is 11.9 Å². The van der Waals surface area contributed by atoms with Crippen molar-refractivity contribution in [2.24, 2.45) is 5.92 Å². The molecule has 1 atom stereocenters. The van der Waals surface area contributed by atoms with Gasteiger partial charge in [0.1, 0.15) is 5.75 Å². The summed E-state index contributed by atoms with van der Waals surface area (Å²) in [5.74, 6) is -0.0923. The monoisotopic (exact) mass is 508 g/mol. The number of carbonyl (C=O) groups is 3. The van der Waals surface area contributed by atoms with Gasteiger partial charge in [-0.15, -0.1) is 0 Å². The van der Waals surface area contributed by atoms with Gasteiger partial charge in [-0.3, -0.25) is 9.69 Å². The SMILES string of the molecule is COC(=O)c1cc(NC(=O)C2CCCN(Cc3nc(-c4ccc(OC)cc4)no3)C2)cc(C(=O)OC)c1. The van der Waals surface area contributed by atoms with E-state index in [0.717, 1.165) is 24.3 Å². The minimum atomic E-state index is -0.626. The Bertz CT molecular complexity index is 1240. The van der Waals surface area contributed by atoms with E-state index in [9.17, 15) is 14.4 Å². The van der Waals surface area contributed by atoms with Crippen LogP contribution in [0.25, 0.3) is 11.4 Å². The fourth-order valence-electron chi connectivity index (χ4n) is 4.20. The van der Waals surface area contributed by atoms with Gasteiger partial charge in [-0.25, -0.2) is 9.59 Å². The molecule has 4 rings (SSSR count). The average Bonchev–Trinajstić information content (AvgIpc) is 3.40. The van der Waals surface area contributed by atoms with Crippen LogP contribution >= 0.6 is 0 Å². The summed E-state index contributed by atoms with van der Waals surface area (Å²) in [6, 6.07) is 11.7. The number of hydrogen-bond donors (Lipinski definition) is 1. The largest absolute Gasteiger partial charge is 0.497 e. The molecule has 1 fully saturated rings. The average molecular weight is 509 g/mol. The highest BCUT2D eigenvalue weighted by molar-refractivity contribution is 6.00. The molecular formula is C26H28N4O7. The van der Waals surface area contributed by atoms with Gasteiger partial charge in [0, 0.05) is 17.8 Å². The molecule has 0 bridgehead atoms. The zero-order valence-corrected chi connectivity index (χ0v) is 20.9. The Morgan fingerprint density at radius 2 is 1.70 bits per heavy atom. The number of esters is 2. The van der Waals surface area contributed by atoms with Crippen LogP contribution in [0.15, 0.2) is 47.0 Å². The number of carbonyl (C=O) groups excluding carboxylic acids is 3. The maximum atomic E-state index is 13.1.